The first-order chi connectivity index (χ1) is 6.88. The molecule has 0 radical (unpaired) electrons. The topological polar surface area (TPSA) is 29.5 Å². The highest BCUT2D eigenvalue weighted by Crippen LogP contribution is 2.18. The van der Waals surface area contributed by atoms with Gasteiger partial charge in [-0.15, -0.1) is 0 Å². The summed E-state index contributed by atoms with van der Waals surface area (Å²) in [6.45, 7) is 2.79. The highest BCUT2D eigenvalue weighted by Gasteiger charge is 2.31. The van der Waals surface area contributed by atoms with Crippen molar-refractivity contribution in [3.63, 3.8) is 0 Å². The molecule has 2 saturated heterocycles. The van der Waals surface area contributed by atoms with Crippen LogP contribution in [0.2, 0.25) is 0 Å². The van der Waals surface area contributed by atoms with E-state index in [0.717, 1.165) is 19.5 Å². The zero-order chi connectivity index (χ0) is 9.80. The highest BCUT2D eigenvalue weighted by atomic mass is 16.5. The maximum atomic E-state index is 11.4. The average Bonchev–Trinajstić information content (AvgIpc) is 2.51. The average molecular weight is 197 g/mol. The Labute approximate surface area is 85.4 Å². The predicted molar refractivity (Wildman–Crippen MR) is 54.0 cm³/mol. The van der Waals surface area contributed by atoms with E-state index in [1.54, 1.807) is 0 Å². The summed E-state index contributed by atoms with van der Waals surface area (Å²) in [6.07, 6.45) is 7.38. The van der Waals surface area contributed by atoms with Gasteiger partial charge in [0.2, 0.25) is 0 Å². The van der Waals surface area contributed by atoms with Gasteiger partial charge >= 0.3 is 5.97 Å². The molecule has 2 fully saturated rings. The van der Waals surface area contributed by atoms with Crippen LogP contribution in [0.15, 0.2) is 0 Å². The Morgan fingerprint density at radius 3 is 2.29 bits per heavy atom. The monoisotopic (exact) mass is 197 g/mol. The quantitative estimate of drug-likeness (QED) is 0.598. The summed E-state index contributed by atoms with van der Waals surface area (Å²) in [5, 5.41) is 0. The van der Waals surface area contributed by atoms with Gasteiger partial charge in [-0.1, -0.05) is 19.3 Å². The van der Waals surface area contributed by atoms with Crippen molar-refractivity contribution in [2.45, 2.75) is 44.6 Å². The van der Waals surface area contributed by atoms with Crippen LogP contribution in [0.25, 0.3) is 0 Å². The van der Waals surface area contributed by atoms with E-state index in [2.05, 4.69) is 4.90 Å². The predicted octanol–water partition coefficient (Wildman–Crippen LogP) is 1.57. The first kappa shape index (κ1) is 9.97. The molecule has 2 heterocycles. The molecule has 2 aliphatic heterocycles. The SMILES string of the molecule is O=C1OCCC1N1CCCCCCC1. The minimum Gasteiger partial charge on any atom is -0.464 e. The minimum absolute atomic E-state index is 0.00516. The van der Waals surface area contributed by atoms with Gasteiger partial charge in [0.05, 0.1) is 6.61 Å². The van der Waals surface area contributed by atoms with Gasteiger partial charge in [-0.05, 0) is 25.9 Å². The molecule has 2 aliphatic rings. The number of hydrogen-bond donors (Lipinski definition) is 0. The summed E-state index contributed by atoms with van der Waals surface area (Å²) in [7, 11) is 0. The molecule has 14 heavy (non-hydrogen) atoms. The lowest BCUT2D eigenvalue weighted by Gasteiger charge is -2.27. The van der Waals surface area contributed by atoms with E-state index in [0.29, 0.717) is 6.61 Å². The van der Waals surface area contributed by atoms with Crippen molar-refractivity contribution in [3.05, 3.63) is 0 Å². The molecule has 0 saturated carbocycles. The van der Waals surface area contributed by atoms with E-state index in [1.807, 2.05) is 0 Å². The Bertz CT molecular complexity index is 197. The van der Waals surface area contributed by atoms with Crippen LogP contribution in [0.3, 0.4) is 0 Å². The van der Waals surface area contributed by atoms with E-state index >= 15 is 0 Å². The zero-order valence-corrected chi connectivity index (χ0v) is 8.71. The van der Waals surface area contributed by atoms with Gasteiger partial charge in [0.25, 0.3) is 0 Å². The largest absolute Gasteiger partial charge is 0.464 e. The third kappa shape index (κ3) is 2.27. The van der Waals surface area contributed by atoms with E-state index < -0.39 is 0 Å². The molecule has 0 aromatic carbocycles. The molecule has 0 aromatic rings. The number of rotatable bonds is 1. The van der Waals surface area contributed by atoms with Crippen LogP contribution in [-0.2, 0) is 9.53 Å². The summed E-state index contributed by atoms with van der Waals surface area (Å²) in [6, 6.07) is 0.0769. The molecule has 3 heteroatoms. The number of cyclic esters (lactones) is 1. The molecule has 0 N–H and O–H groups in total. The van der Waals surface area contributed by atoms with Gasteiger partial charge in [0, 0.05) is 6.42 Å². The summed E-state index contributed by atoms with van der Waals surface area (Å²) in [5.41, 5.74) is 0. The second-order valence-electron chi connectivity index (χ2n) is 4.28. The Kier molecular flexibility index (Phi) is 3.40. The van der Waals surface area contributed by atoms with Crippen LogP contribution in [0.1, 0.15) is 38.5 Å². The number of carbonyl (C=O) groups is 1. The van der Waals surface area contributed by atoms with E-state index in [-0.39, 0.29) is 12.0 Å². The van der Waals surface area contributed by atoms with Crippen LogP contribution in [-0.4, -0.2) is 36.6 Å². The van der Waals surface area contributed by atoms with Gasteiger partial charge in [0.1, 0.15) is 6.04 Å². The second kappa shape index (κ2) is 4.78. The number of esters is 1. The van der Waals surface area contributed by atoms with Crippen LogP contribution in [0.5, 0.6) is 0 Å². The van der Waals surface area contributed by atoms with Crippen molar-refractivity contribution in [2.75, 3.05) is 19.7 Å². The van der Waals surface area contributed by atoms with Crippen molar-refractivity contribution in [1.29, 1.82) is 0 Å². The Balaban J connectivity index is 1.90. The lowest BCUT2D eigenvalue weighted by Crippen LogP contribution is -2.40. The van der Waals surface area contributed by atoms with Crippen molar-refractivity contribution < 1.29 is 9.53 Å². The number of likely N-dealkylation sites (tertiary alicyclic amines) is 1. The third-order valence-corrected chi connectivity index (χ3v) is 3.24. The van der Waals surface area contributed by atoms with Gasteiger partial charge in [0.15, 0.2) is 0 Å². The number of hydrogen-bond acceptors (Lipinski definition) is 3. The molecule has 2 rings (SSSR count). The first-order valence-electron chi connectivity index (χ1n) is 5.78. The standard InChI is InChI=1S/C11H19NO2/c13-11-10(6-9-14-11)12-7-4-2-1-3-5-8-12/h10H,1-9H2. The number of carbonyl (C=O) groups excluding carboxylic acids is 1. The fraction of sp³-hybridized carbons (Fsp3) is 0.909. The van der Waals surface area contributed by atoms with Crippen molar-refractivity contribution in [3.8, 4) is 0 Å². The molecule has 0 amide bonds. The summed E-state index contributed by atoms with van der Waals surface area (Å²) in [5.74, 6) is 0.00516. The molecule has 0 bridgehead atoms. The van der Waals surface area contributed by atoms with E-state index in [1.165, 1.54) is 32.1 Å². The smallest absolute Gasteiger partial charge is 0.323 e. The fourth-order valence-corrected chi connectivity index (χ4v) is 2.40. The fourth-order valence-electron chi connectivity index (χ4n) is 2.40. The van der Waals surface area contributed by atoms with Crippen LogP contribution < -0.4 is 0 Å². The Morgan fingerprint density at radius 2 is 1.71 bits per heavy atom. The molecule has 0 spiro atoms. The van der Waals surface area contributed by atoms with E-state index in [4.69, 9.17) is 4.74 Å². The highest BCUT2D eigenvalue weighted by molar-refractivity contribution is 5.77. The molecule has 1 unspecified atom stereocenters. The van der Waals surface area contributed by atoms with Crippen molar-refractivity contribution in [2.24, 2.45) is 0 Å². The number of ether oxygens (including phenoxy) is 1. The second-order valence-corrected chi connectivity index (χ2v) is 4.28. The molecular weight excluding hydrogens is 178 g/mol. The number of nitrogens with zero attached hydrogens (tertiary/aromatic N) is 1. The van der Waals surface area contributed by atoms with Gasteiger partial charge in [-0.2, -0.15) is 0 Å². The lowest BCUT2D eigenvalue weighted by atomic mass is 10.1. The van der Waals surface area contributed by atoms with Crippen LogP contribution >= 0.6 is 0 Å². The molecule has 0 aromatic heterocycles. The minimum atomic E-state index is 0.00516. The molecule has 80 valence electrons. The zero-order valence-electron chi connectivity index (χ0n) is 8.71. The summed E-state index contributed by atoms with van der Waals surface area (Å²) < 4.78 is 5.01. The Hall–Kier alpha value is -0.570. The van der Waals surface area contributed by atoms with Gasteiger partial charge < -0.3 is 4.74 Å². The third-order valence-electron chi connectivity index (χ3n) is 3.24. The lowest BCUT2D eigenvalue weighted by molar-refractivity contribution is -0.142. The van der Waals surface area contributed by atoms with E-state index in [9.17, 15) is 4.79 Å². The summed E-state index contributed by atoms with van der Waals surface area (Å²) in [4.78, 5) is 13.7. The normalized spacial score (nSPS) is 30.9. The van der Waals surface area contributed by atoms with Gasteiger partial charge in [-0.25, -0.2) is 0 Å². The molecular formula is C11H19NO2. The van der Waals surface area contributed by atoms with Crippen molar-refractivity contribution >= 4 is 5.97 Å². The Morgan fingerprint density at radius 1 is 1.07 bits per heavy atom. The maximum Gasteiger partial charge on any atom is 0.323 e. The van der Waals surface area contributed by atoms with Crippen LogP contribution in [0, 0.1) is 0 Å². The maximum absolute atomic E-state index is 11.4. The molecule has 1 atom stereocenters. The van der Waals surface area contributed by atoms with Crippen LogP contribution in [0.4, 0.5) is 0 Å². The summed E-state index contributed by atoms with van der Waals surface area (Å²) >= 11 is 0. The molecule has 3 nitrogen and oxygen atoms in total. The molecule has 0 aliphatic carbocycles. The first-order valence-corrected chi connectivity index (χ1v) is 5.78. The van der Waals surface area contributed by atoms with Gasteiger partial charge in [-0.3, -0.25) is 9.69 Å². The van der Waals surface area contributed by atoms with Crippen molar-refractivity contribution in [1.82, 2.24) is 4.90 Å².